The van der Waals surface area contributed by atoms with Gasteiger partial charge in [-0.15, -0.1) is 13.2 Å². The lowest BCUT2D eigenvalue weighted by Gasteiger charge is -2.10. The van der Waals surface area contributed by atoms with Crippen molar-refractivity contribution in [3.05, 3.63) is 71.2 Å². The molecule has 0 radical (unpaired) electrons. The molecule has 154 valence electrons. The minimum atomic E-state index is -4.76. The Balaban J connectivity index is 1.65. The van der Waals surface area contributed by atoms with Crippen LogP contribution in [0, 0.1) is 0 Å². The second kappa shape index (κ2) is 7.62. The van der Waals surface area contributed by atoms with Crippen molar-refractivity contribution < 1.29 is 22.3 Å². The highest BCUT2D eigenvalue weighted by atomic mass is 19.4. The molecule has 0 unspecified atom stereocenters. The fourth-order valence-corrected chi connectivity index (χ4v) is 3.01. The summed E-state index contributed by atoms with van der Waals surface area (Å²) in [5, 5.41) is 0. The molecule has 1 aromatic carbocycles. The number of nitrogens with zero attached hydrogens (tertiary/aromatic N) is 4. The summed E-state index contributed by atoms with van der Waals surface area (Å²) in [6, 6.07) is 10.2. The van der Waals surface area contributed by atoms with Crippen LogP contribution in [-0.2, 0) is 6.54 Å². The van der Waals surface area contributed by atoms with Crippen LogP contribution in [0.1, 0.15) is 18.7 Å². The number of aromatic nitrogens is 4. The van der Waals surface area contributed by atoms with Gasteiger partial charge in [-0.25, -0.2) is 19.7 Å². The summed E-state index contributed by atoms with van der Waals surface area (Å²) in [7, 11) is 0. The number of alkyl halides is 3. The van der Waals surface area contributed by atoms with Gasteiger partial charge >= 0.3 is 12.1 Å². The van der Waals surface area contributed by atoms with Gasteiger partial charge < -0.3 is 9.15 Å². The third-order valence-electron chi connectivity index (χ3n) is 4.38. The van der Waals surface area contributed by atoms with Gasteiger partial charge in [0, 0.05) is 30.4 Å². The van der Waals surface area contributed by atoms with Crippen molar-refractivity contribution in [2.75, 3.05) is 0 Å². The Kier molecular flexibility index (Phi) is 4.98. The van der Waals surface area contributed by atoms with Gasteiger partial charge in [0.05, 0.1) is 5.69 Å². The predicted molar refractivity (Wildman–Crippen MR) is 101 cm³/mol. The van der Waals surface area contributed by atoms with Crippen molar-refractivity contribution in [2.45, 2.75) is 25.7 Å². The van der Waals surface area contributed by atoms with E-state index in [-0.39, 0.29) is 18.2 Å². The summed E-state index contributed by atoms with van der Waals surface area (Å²) in [5.74, 6) is -0.486. The Hall–Kier alpha value is -3.69. The molecule has 10 heteroatoms. The summed E-state index contributed by atoms with van der Waals surface area (Å²) in [4.78, 5) is 25.2. The van der Waals surface area contributed by atoms with Gasteiger partial charge in [-0.05, 0) is 42.5 Å². The number of hydrogen-bond donors (Lipinski definition) is 0. The zero-order valence-corrected chi connectivity index (χ0v) is 15.6. The van der Waals surface area contributed by atoms with E-state index in [1.54, 1.807) is 30.6 Å². The largest absolute Gasteiger partial charge is 0.573 e. The highest BCUT2D eigenvalue weighted by molar-refractivity contribution is 5.73. The molecule has 3 aromatic heterocycles. The van der Waals surface area contributed by atoms with Crippen LogP contribution in [0.4, 0.5) is 13.2 Å². The number of hydrogen-bond acceptors (Lipinski definition) is 6. The van der Waals surface area contributed by atoms with Crippen LogP contribution in [-0.4, -0.2) is 25.9 Å². The molecule has 4 aromatic rings. The lowest BCUT2D eigenvalue weighted by Crippen LogP contribution is -2.19. The summed E-state index contributed by atoms with van der Waals surface area (Å²) in [5.41, 5.74) is 1.67. The second-order valence-electron chi connectivity index (χ2n) is 6.58. The molecule has 0 aliphatic rings. The van der Waals surface area contributed by atoms with Crippen LogP contribution in [0.3, 0.4) is 0 Å². The molecule has 0 amide bonds. The fourth-order valence-electron chi connectivity index (χ4n) is 3.01. The molecule has 3 heterocycles. The van der Waals surface area contributed by atoms with E-state index in [2.05, 4.69) is 19.7 Å². The number of rotatable bonds is 5. The van der Waals surface area contributed by atoms with Crippen LogP contribution < -0.4 is 10.5 Å². The molecule has 0 aliphatic carbocycles. The van der Waals surface area contributed by atoms with E-state index in [0.717, 1.165) is 0 Å². The molecule has 0 spiro atoms. The summed E-state index contributed by atoms with van der Waals surface area (Å²) >= 11 is 0. The Morgan fingerprint density at radius 2 is 1.80 bits per heavy atom. The van der Waals surface area contributed by atoms with Crippen molar-refractivity contribution >= 4 is 11.2 Å². The van der Waals surface area contributed by atoms with E-state index in [9.17, 15) is 18.0 Å². The van der Waals surface area contributed by atoms with Gasteiger partial charge in [-0.2, -0.15) is 0 Å². The first-order chi connectivity index (χ1) is 14.3. The molecular formula is C20H15F3N4O3. The molecule has 30 heavy (non-hydrogen) atoms. The molecule has 4 rings (SSSR count). The number of fused-ring (bicyclic) bond motifs is 1. The SMILES string of the molecule is C[C@H](Cn1c(=O)oc2ccc(-c3ccc(OC(F)(F)F)cc3)nc21)c1ncccn1. The molecule has 0 fully saturated rings. The first-order valence-electron chi connectivity index (χ1n) is 8.93. The minimum Gasteiger partial charge on any atom is -0.406 e. The number of benzene rings is 1. The summed E-state index contributed by atoms with van der Waals surface area (Å²) < 4.78 is 47.5. The zero-order valence-electron chi connectivity index (χ0n) is 15.6. The Labute approximate surface area is 167 Å². The van der Waals surface area contributed by atoms with Crippen molar-refractivity contribution in [3.63, 3.8) is 0 Å². The third kappa shape index (κ3) is 4.17. The second-order valence-corrected chi connectivity index (χ2v) is 6.58. The van der Waals surface area contributed by atoms with Crippen LogP contribution in [0.25, 0.3) is 22.5 Å². The van der Waals surface area contributed by atoms with Crippen molar-refractivity contribution in [1.82, 2.24) is 19.5 Å². The van der Waals surface area contributed by atoms with Gasteiger partial charge in [0.1, 0.15) is 11.6 Å². The van der Waals surface area contributed by atoms with Gasteiger partial charge in [0.15, 0.2) is 11.2 Å². The Morgan fingerprint density at radius 3 is 2.47 bits per heavy atom. The predicted octanol–water partition coefficient (Wildman–Crippen LogP) is 4.15. The first-order valence-corrected chi connectivity index (χ1v) is 8.93. The molecule has 0 N–H and O–H groups in total. The minimum absolute atomic E-state index is 0.172. The Morgan fingerprint density at radius 1 is 1.10 bits per heavy atom. The van der Waals surface area contributed by atoms with E-state index in [1.807, 2.05) is 6.92 Å². The summed E-state index contributed by atoms with van der Waals surface area (Å²) in [6.07, 6.45) is -1.51. The number of ether oxygens (including phenoxy) is 1. The maximum absolute atomic E-state index is 12.3. The van der Waals surface area contributed by atoms with Crippen molar-refractivity contribution in [2.24, 2.45) is 0 Å². The maximum atomic E-state index is 12.3. The van der Waals surface area contributed by atoms with Gasteiger partial charge in [-0.3, -0.25) is 4.57 Å². The van der Waals surface area contributed by atoms with Crippen LogP contribution >= 0.6 is 0 Å². The highest BCUT2D eigenvalue weighted by Crippen LogP contribution is 2.27. The molecule has 0 bridgehead atoms. The lowest BCUT2D eigenvalue weighted by atomic mass is 10.1. The van der Waals surface area contributed by atoms with Crippen LogP contribution in [0.15, 0.2) is 64.1 Å². The molecule has 0 saturated carbocycles. The average Bonchev–Trinajstić information content (AvgIpc) is 3.02. The van der Waals surface area contributed by atoms with E-state index >= 15 is 0 Å². The average molecular weight is 416 g/mol. The van der Waals surface area contributed by atoms with E-state index in [1.165, 1.54) is 28.8 Å². The summed E-state index contributed by atoms with van der Waals surface area (Å²) in [6.45, 7) is 2.13. The number of halogens is 3. The normalized spacial score (nSPS) is 12.8. The van der Waals surface area contributed by atoms with Crippen LogP contribution in [0.5, 0.6) is 5.75 Å². The highest BCUT2D eigenvalue weighted by Gasteiger charge is 2.31. The molecular weight excluding hydrogens is 401 g/mol. The van der Waals surface area contributed by atoms with E-state index in [4.69, 9.17) is 4.42 Å². The first kappa shape index (κ1) is 19.6. The quantitative estimate of drug-likeness (QED) is 0.486. The van der Waals surface area contributed by atoms with Crippen molar-refractivity contribution in [1.29, 1.82) is 0 Å². The topological polar surface area (TPSA) is 83.0 Å². The van der Waals surface area contributed by atoms with Crippen LogP contribution in [0.2, 0.25) is 0 Å². The maximum Gasteiger partial charge on any atom is 0.573 e. The van der Waals surface area contributed by atoms with E-state index < -0.39 is 12.1 Å². The van der Waals surface area contributed by atoms with Crippen molar-refractivity contribution in [3.8, 4) is 17.0 Å². The molecule has 0 saturated heterocycles. The smallest absolute Gasteiger partial charge is 0.406 e. The fraction of sp³-hybridized carbons (Fsp3) is 0.200. The molecule has 1 atom stereocenters. The monoisotopic (exact) mass is 416 g/mol. The van der Waals surface area contributed by atoms with Gasteiger partial charge in [0.25, 0.3) is 0 Å². The molecule has 0 aliphatic heterocycles. The lowest BCUT2D eigenvalue weighted by molar-refractivity contribution is -0.274. The van der Waals surface area contributed by atoms with Gasteiger partial charge in [-0.1, -0.05) is 6.92 Å². The number of pyridine rings is 1. The third-order valence-corrected chi connectivity index (χ3v) is 4.38. The van der Waals surface area contributed by atoms with E-state index in [0.29, 0.717) is 28.3 Å². The zero-order chi connectivity index (χ0) is 21.3. The Bertz CT molecular complexity index is 1220. The van der Waals surface area contributed by atoms with Gasteiger partial charge in [0.2, 0.25) is 0 Å². The molecule has 7 nitrogen and oxygen atoms in total. The standard InChI is InChI=1S/C20H15F3N4O3/c1-12(17-24-9-2-10-25-17)11-27-18-16(29-19(27)28)8-7-15(26-18)13-3-5-14(6-4-13)30-20(21,22)23/h2-10,12H,11H2,1H3/t12-/m1/s1. The number of oxazole rings is 1.